The van der Waals surface area contributed by atoms with Crippen LogP contribution in [0.1, 0.15) is 20.7 Å². The first kappa shape index (κ1) is 15.9. The molecule has 22 heavy (non-hydrogen) atoms. The first-order chi connectivity index (χ1) is 10.5. The largest absolute Gasteiger partial charge is 0.366 e. The molecular formula is C15H12ClN3O2S. The van der Waals surface area contributed by atoms with E-state index >= 15 is 0 Å². The molecule has 0 saturated heterocycles. The summed E-state index contributed by atoms with van der Waals surface area (Å²) in [7, 11) is 0. The predicted molar refractivity (Wildman–Crippen MR) is 90.1 cm³/mol. The minimum absolute atomic E-state index is 0.145. The number of carbonyl (C=O) groups excluding carboxylic acids is 2. The molecule has 112 valence electrons. The molecule has 2 rings (SSSR count). The van der Waals surface area contributed by atoms with E-state index in [0.717, 1.165) is 0 Å². The number of halogens is 1. The minimum Gasteiger partial charge on any atom is -0.366 e. The van der Waals surface area contributed by atoms with Gasteiger partial charge in [0, 0.05) is 21.8 Å². The molecule has 0 saturated carbocycles. The molecule has 0 heterocycles. The molecule has 2 aromatic rings. The standard InChI is InChI=1S/C15H12ClN3O2S/c16-11-5-1-10(2-6-11)14(21)19-15(22)18-12-7-3-9(4-8-12)13(17)20/h1-8H,(H2,17,20)(H2,18,19,21,22). The number of nitrogens with two attached hydrogens (primary N) is 1. The van der Waals surface area contributed by atoms with Crippen LogP contribution in [0.5, 0.6) is 0 Å². The zero-order chi connectivity index (χ0) is 16.1. The van der Waals surface area contributed by atoms with E-state index in [4.69, 9.17) is 29.6 Å². The van der Waals surface area contributed by atoms with Crippen LogP contribution in [0.15, 0.2) is 48.5 Å². The highest BCUT2D eigenvalue weighted by Gasteiger charge is 2.08. The fourth-order valence-corrected chi connectivity index (χ4v) is 1.99. The second-order valence-electron chi connectivity index (χ2n) is 4.36. The maximum Gasteiger partial charge on any atom is 0.257 e. The van der Waals surface area contributed by atoms with Crippen molar-refractivity contribution in [3.05, 3.63) is 64.7 Å². The second kappa shape index (κ2) is 7.02. The van der Waals surface area contributed by atoms with Gasteiger partial charge in [-0.25, -0.2) is 0 Å². The van der Waals surface area contributed by atoms with E-state index in [2.05, 4.69) is 10.6 Å². The molecule has 0 bridgehead atoms. The van der Waals surface area contributed by atoms with Crippen LogP contribution in [-0.4, -0.2) is 16.9 Å². The Labute approximate surface area is 137 Å². The molecule has 2 amide bonds. The summed E-state index contributed by atoms with van der Waals surface area (Å²) < 4.78 is 0. The third-order valence-corrected chi connectivity index (χ3v) is 3.22. The van der Waals surface area contributed by atoms with Gasteiger partial charge in [0.25, 0.3) is 5.91 Å². The summed E-state index contributed by atoms with van der Waals surface area (Å²) >= 11 is 10.8. The minimum atomic E-state index is -0.509. The molecule has 0 aliphatic heterocycles. The van der Waals surface area contributed by atoms with Crippen LogP contribution < -0.4 is 16.4 Å². The lowest BCUT2D eigenvalue weighted by molar-refractivity contribution is 0.0975. The number of benzene rings is 2. The Morgan fingerprint density at radius 2 is 1.50 bits per heavy atom. The zero-order valence-electron chi connectivity index (χ0n) is 11.3. The van der Waals surface area contributed by atoms with E-state index in [-0.39, 0.29) is 11.0 Å². The Morgan fingerprint density at radius 1 is 0.955 bits per heavy atom. The first-order valence-electron chi connectivity index (χ1n) is 6.23. The topological polar surface area (TPSA) is 84.2 Å². The van der Waals surface area contributed by atoms with Gasteiger partial charge in [0.2, 0.25) is 5.91 Å². The summed E-state index contributed by atoms with van der Waals surface area (Å²) in [6.07, 6.45) is 0. The van der Waals surface area contributed by atoms with Gasteiger partial charge in [-0.05, 0) is 60.7 Å². The summed E-state index contributed by atoms with van der Waals surface area (Å²) in [4.78, 5) is 22.9. The van der Waals surface area contributed by atoms with Crippen molar-refractivity contribution in [2.24, 2.45) is 5.73 Å². The van der Waals surface area contributed by atoms with E-state index in [0.29, 0.717) is 21.8 Å². The first-order valence-corrected chi connectivity index (χ1v) is 7.02. The van der Waals surface area contributed by atoms with Crippen LogP contribution >= 0.6 is 23.8 Å². The highest BCUT2D eigenvalue weighted by molar-refractivity contribution is 7.80. The van der Waals surface area contributed by atoms with Gasteiger partial charge in [0.15, 0.2) is 5.11 Å². The van der Waals surface area contributed by atoms with Crippen LogP contribution in [0.4, 0.5) is 5.69 Å². The second-order valence-corrected chi connectivity index (χ2v) is 5.20. The van der Waals surface area contributed by atoms with Crippen LogP contribution in [0.3, 0.4) is 0 Å². The number of nitrogens with one attached hydrogen (secondary N) is 2. The molecular weight excluding hydrogens is 322 g/mol. The molecule has 7 heteroatoms. The Kier molecular flexibility index (Phi) is 5.08. The SMILES string of the molecule is NC(=O)c1ccc(NC(=S)NC(=O)c2ccc(Cl)cc2)cc1. The van der Waals surface area contributed by atoms with Crippen LogP contribution in [-0.2, 0) is 0 Å². The lowest BCUT2D eigenvalue weighted by Gasteiger charge is -2.10. The van der Waals surface area contributed by atoms with E-state index in [1.165, 1.54) is 0 Å². The number of amides is 2. The summed E-state index contributed by atoms with van der Waals surface area (Å²) in [5.74, 6) is -0.854. The van der Waals surface area contributed by atoms with Gasteiger partial charge in [-0.15, -0.1) is 0 Å². The van der Waals surface area contributed by atoms with Gasteiger partial charge in [-0.1, -0.05) is 11.6 Å². The molecule has 0 atom stereocenters. The van der Waals surface area contributed by atoms with Gasteiger partial charge in [-0.3, -0.25) is 14.9 Å². The fourth-order valence-electron chi connectivity index (χ4n) is 1.66. The molecule has 4 N–H and O–H groups in total. The third-order valence-electron chi connectivity index (χ3n) is 2.76. The highest BCUT2D eigenvalue weighted by atomic mass is 35.5. The highest BCUT2D eigenvalue weighted by Crippen LogP contribution is 2.11. The van der Waals surface area contributed by atoms with Crippen molar-refractivity contribution in [2.45, 2.75) is 0 Å². The molecule has 0 aliphatic carbocycles. The van der Waals surface area contributed by atoms with E-state index in [9.17, 15) is 9.59 Å². The van der Waals surface area contributed by atoms with Gasteiger partial charge in [-0.2, -0.15) is 0 Å². The van der Waals surface area contributed by atoms with Gasteiger partial charge in [0.05, 0.1) is 0 Å². The lowest BCUT2D eigenvalue weighted by Crippen LogP contribution is -2.34. The molecule has 0 spiro atoms. The molecule has 5 nitrogen and oxygen atoms in total. The monoisotopic (exact) mass is 333 g/mol. The van der Waals surface area contributed by atoms with Crippen molar-refractivity contribution < 1.29 is 9.59 Å². The van der Waals surface area contributed by atoms with Crippen molar-refractivity contribution >= 4 is 46.4 Å². The Balaban J connectivity index is 1.96. The third kappa shape index (κ3) is 4.28. The summed E-state index contributed by atoms with van der Waals surface area (Å²) in [6, 6.07) is 12.8. The molecule has 0 aliphatic rings. The number of hydrogen-bond acceptors (Lipinski definition) is 3. The van der Waals surface area contributed by atoms with Gasteiger partial charge < -0.3 is 11.1 Å². The smallest absolute Gasteiger partial charge is 0.257 e. The molecule has 0 fully saturated rings. The average Bonchev–Trinajstić information content (AvgIpc) is 2.48. The number of anilines is 1. The van der Waals surface area contributed by atoms with Crippen molar-refractivity contribution in [1.29, 1.82) is 0 Å². The van der Waals surface area contributed by atoms with Gasteiger partial charge >= 0.3 is 0 Å². The maximum absolute atomic E-state index is 12.0. The molecule has 0 aromatic heterocycles. The average molecular weight is 334 g/mol. The Bertz CT molecular complexity index is 715. The van der Waals surface area contributed by atoms with Crippen LogP contribution in [0.25, 0.3) is 0 Å². The lowest BCUT2D eigenvalue weighted by atomic mass is 10.2. The molecule has 2 aromatic carbocycles. The van der Waals surface area contributed by atoms with E-state index in [1.54, 1.807) is 48.5 Å². The predicted octanol–water partition coefficient (Wildman–Crippen LogP) is 2.57. The summed E-state index contributed by atoms with van der Waals surface area (Å²) in [6.45, 7) is 0. The van der Waals surface area contributed by atoms with E-state index < -0.39 is 5.91 Å². The molecule has 0 radical (unpaired) electrons. The van der Waals surface area contributed by atoms with Crippen LogP contribution in [0.2, 0.25) is 5.02 Å². The number of thiocarbonyl (C=S) groups is 1. The van der Waals surface area contributed by atoms with Crippen molar-refractivity contribution in [3.63, 3.8) is 0 Å². The number of carbonyl (C=O) groups is 2. The summed E-state index contributed by atoms with van der Waals surface area (Å²) in [5.41, 5.74) is 6.62. The van der Waals surface area contributed by atoms with Crippen LogP contribution in [0, 0.1) is 0 Å². The number of hydrogen-bond donors (Lipinski definition) is 3. The summed E-state index contributed by atoms with van der Waals surface area (Å²) in [5, 5.41) is 6.08. The van der Waals surface area contributed by atoms with Crippen molar-refractivity contribution in [2.75, 3.05) is 5.32 Å². The van der Waals surface area contributed by atoms with Gasteiger partial charge in [0.1, 0.15) is 0 Å². The Morgan fingerprint density at radius 3 is 2.05 bits per heavy atom. The fraction of sp³-hybridized carbons (Fsp3) is 0. The molecule has 0 unspecified atom stereocenters. The normalized spacial score (nSPS) is 9.86. The van der Waals surface area contributed by atoms with Crippen molar-refractivity contribution in [1.82, 2.24) is 5.32 Å². The van der Waals surface area contributed by atoms with Crippen molar-refractivity contribution in [3.8, 4) is 0 Å². The zero-order valence-corrected chi connectivity index (χ0v) is 12.9. The Hall–Kier alpha value is -2.44. The number of rotatable bonds is 3. The van der Waals surface area contributed by atoms with E-state index in [1.807, 2.05) is 0 Å². The number of primary amides is 1. The quantitative estimate of drug-likeness (QED) is 0.754. The maximum atomic E-state index is 12.0.